The van der Waals surface area contributed by atoms with Crippen LogP contribution in [0.2, 0.25) is 0 Å². The Morgan fingerprint density at radius 2 is 2.00 bits per heavy atom. The number of aliphatic hydroxyl groups is 1. The number of amides is 1. The largest absolute Gasteiger partial charge is 0.479 e. The minimum Gasteiger partial charge on any atom is -0.479 e. The van der Waals surface area contributed by atoms with E-state index in [2.05, 4.69) is 0 Å². The fraction of sp³-hybridized carbons (Fsp3) is 0.818. The van der Waals surface area contributed by atoms with Crippen molar-refractivity contribution in [3.63, 3.8) is 0 Å². The summed E-state index contributed by atoms with van der Waals surface area (Å²) in [5.41, 5.74) is 0. The highest BCUT2D eigenvalue weighted by Crippen LogP contribution is 2.22. The van der Waals surface area contributed by atoms with Crippen LogP contribution in [-0.2, 0) is 19.1 Å². The summed E-state index contributed by atoms with van der Waals surface area (Å²) in [4.78, 5) is 24.4. The van der Waals surface area contributed by atoms with Crippen LogP contribution in [0.25, 0.3) is 0 Å². The zero-order valence-corrected chi connectivity index (χ0v) is 9.95. The first-order valence-electron chi connectivity index (χ1n) is 6.01. The van der Waals surface area contributed by atoms with Crippen molar-refractivity contribution in [3.05, 3.63) is 0 Å². The number of nitrogens with zero attached hydrogens (tertiary/aromatic N) is 1. The molecule has 1 unspecified atom stereocenters. The van der Waals surface area contributed by atoms with E-state index in [1.54, 1.807) is 4.90 Å². The van der Waals surface area contributed by atoms with Crippen LogP contribution in [0.1, 0.15) is 12.8 Å². The maximum atomic E-state index is 12.1. The third-order valence-corrected chi connectivity index (χ3v) is 3.22. The smallest absolute Gasteiger partial charge is 0.332 e. The van der Waals surface area contributed by atoms with Crippen molar-refractivity contribution in [1.29, 1.82) is 0 Å². The molecule has 0 radical (unpaired) electrons. The van der Waals surface area contributed by atoms with Crippen molar-refractivity contribution in [2.75, 3.05) is 26.3 Å². The lowest BCUT2D eigenvalue weighted by Crippen LogP contribution is -2.50. The molecule has 2 aliphatic heterocycles. The third-order valence-electron chi connectivity index (χ3n) is 3.22. The summed E-state index contributed by atoms with van der Waals surface area (Å²) in [5, 5.41) is 17.8. The number of aliphatic carboxylic acids is 1. The molecule has 0 aromatic carbocycles. The molecule has 0 aromatic heterocycles. The number of rotatable bonds is 3. The van der Waals surface area contributed by atoms with E-state index in [1.165, 1.54) is 0 Å². The van der Waals surface area contributed by atoms with Crippen molar-refractivity contribution in [2.45, 2.75) is 31.2 Å². The molecule has 2 fully saturated rings. The Morgan fingerprint density at radius 3 is 2.61 bits per heavy atom. The fourth-order valence-electron chi connectivity index (χ4n) is 2.23. The van der Waals surface area contributed by atoms with E-state index < -0.39 is 18.2 Å². The summed E-state index contributed by atoms with van der Waals surface area (Å²) in [7, 11) is 0. The van der Waals surface area contributed by atoms with Gasteiger partial charge in [-0.3, -0.25) is 4.79 Å². The predicted molar refractivity (Wildman–Crippen MR) is 58.9 cm³/mol. The van der Waals surface area contributed by atoms with E-state index in [9.17, 15) is 9.59 Å². The molecule has 2 rings (SSSR count). The van der Waals surface area contributed by atoms with Gasteiger partial charge in [0.2, 0.25) is 0 Å². The van der Waals surface area contributed by atoms with Crippen molar-refractivity contribution in [1.82, 2.24) is 4.90 Å². The molecule has 2 saturated heterocycles. The molecule has 2 N–H and O–H groups in total. The maximum Gasteiger partial charge on any atom is 0.332 e. The number of carbonyl (C=O) groups is 2. The van der Waals surface area contributed by atoms with E-state index in [1.807, 2.05) is 0 Å². The van der Waals surface area contributed by atoms with Gasteiger partial charge in [0.1, 0.15) is 6.10 Å². The van der Waals surface area contributed by atoms with Crippen molar-refractivity contribution < 1.29 is 29.3 Å². The number of morpholine rings is 1. The van der Waals surface area contributed by atoms with Crippen LogP contribution in [0.5, 0.6) is 0 Å². The van der Waals surface area contributed by atoms with E-state index >= 15 is 0 Å². The SMILES string of the molecule is O=C(O)[C@H]1CC[C@@H](C(=O)N2CCOC(CO)C2)O1. The zero-order valence-electron chi connectivity index (χ0n) is 9.95. The second-order valence-corrected chi connectivity index (χ2v) is 4.49. The van der Waals surface area contributed by atoms with Gasteiger partial charge < -0.3 is 24.6 Å². The van der Waals surface area contributed by atoms with Gasteiger partial charge in [-0.1, -0.05) is 0 Å². The molecule has 0 saturated carbocycles. The molecule has 102 valence electrons. The first-order chi connectivity index (χ1) is 8.61. The standard InChI is InChI=1S/C11H17NO6/c13-6-7-5-12(3-4-17-7)10(14)8-1-2-9(18-8)11(15)16/h7-9,13H,1-6H2,(H,15,16)/t7?,8-,9+/m0/s1. The van der Waals surface area contributed by atoms with Crippen LogP contribution >= 0.6 is 0 Å². The Bertz CT molecular complexity index is 333. The Morgan fingerprint density at radius 1 is 1.28 bits per heavy atom. The molecule has 7 nitrogen and oxygen atoms in total. The van der Waals surface area contributed by atoms with Crippen molar-refractivity contribution in [3.8, 4) is 0 Å². The van der Waals surface area contributed by atoms with Crippen LogP contribution < -0.4 is 0 Å². The van der Waals surface area contributed by atoms with Gasteiger partial charge in [-0.15, -0.1) is 0 Å². The van der Waals surface area contributed by atoms with Crippen molar-refractivity contribution in [2.24, 2.45) is 0 Å². The quantitative estimate of drug-likeness (QED) is 0.663. The lowest BCUT2D eigenvalue weighted by Gasteiger charge is -2.33. The van der Waals surface area contributed by atoms with Crippen LogP contribution in [0.3, 0.4) is 0 Å². The highest BCUT2D eigenvalue weighted by atomic mass is 16.5. The Hall–Kier alpha value is -1.18. The minimum absolute atomic E-state index is 0.132. The number of ether oxygens (including phenoxy) is 2. The molecule has 0 aliphatic carbocycles. The summed E-state index contributed by atoms with van der Waals surface area (Å²) >= 11 is 0. The molecule has 2 aliphatic rings. The zero-order chi connectivity index (χ0) is 13.1. The molecular formula is C11H17NO6. The van der Waals surface area contributed by atoms with Gasteiger partial charge in [0.05, 0.1) is 19.3 Å². The van der Waals surface area contributed by atoms with Gasteiger partial charge in [-0.25, -0.2) is 4.79 Å². The Kier molecular flexibility index (Phi) is 4.15. The average molecular weight is 259 g/mol. The molecular weight excluding hydrogens is 242 g/mol. The molecule has 0 spiro atoms. The molecule has 0 aromatic rings. The van der Waals surface area contributed by atoms with Gasteiger partial charge in [-0.2, -0.15) is 0 Å². The Labute approximate surface area is 104 Å². The van der Waals surface area contributed by atoms with Crippen LogP contribution in [-0.4, -0.2) is 71.6 Å². The van der Waals surface area contributed by atoms with E-state index in [4.69, 9.17) is 19.7 Å². The summed E-state index contributed by atoms with van der Waals surface area (Å²) < 4.78 is 10.5. The second kappa shape index (κ2) is 5.64. The van der Waals surface area contributed by atoms with Crippen LogP contribution in [0, 0.1) is 0 Å². The lowest BCUT2D eigenvalue weighted by atomic mass is 10.1. The highest BCUT2D eigenvalue weighted by molar-refractivity contribution is 5.82. The monoisotopic (exact) mass is 259 g/mol. The molecule has 18 heavy (non-hydrogen) atoms. The van der Waals surface area contributed by atoms with E-state index in [-0.39, 0.29) is 18.6 Å². The van der Waals surface area contributed by atoms with Gasteiger partial charge in [0, 0.05) is 13.1 Å². The maximum absolute atomic E-state index is 12.1. The van der Waals surface area contributed by atoms with Gasteiger partial charge >= 0.3 is 5.97 Å². The summed E-state index contributed by atoms with van der Waals surface area (Å²) in [6.45, 7) is 1.03. The number of carbonyl (C=O) groups excluding carboxylic acids is 1. The number of carboxylic acid groups (broad SMARTS) is 1. The minimum atomic E-state index is -1.03. The summed E-state index contributed by atoms with van der Waals surface area (Å²) in [5.74, 6) is -1.24. The topological polar surface area (TPSA) is 96.3 Å². The van der Waals surface area contributed by atoms with Gasteiger partial charge in [-0.05, 0) is 12.8 Å². The number of hydrogen-bond acceptors (Lipinski definition) is 5. The molecule has 7 heteroatoms. The van der Waals surface area contributed by atoms with Crippen molar-refractivity contribution >= 4 is 11.9 Å². The summed E-state index contributed by atoms with van der Waals surface area (Å²) in [6.07, 6.45) is -1.13. The lowest BCUT2D eigenvalue weighted by molar-refractivity contribution is -0.158. The van der Waals surface area contributed by atoms with Gasteiger partial charge in [0.25, 0.3) is 5.91 Å². The third kappa shape index (κ3) is 2.80. The van der Waals surface area contributed by atoms with Crippen LogP contribution in [0.15, 0.2) is 0 Å². The van der Waals surface area contributed by atoms with Crippen LogP contribution in [0.4, 0.5) is 0 Å². The molecule has 3 atom stereocenters. The number of carboxylic acids is 1. The second-order valence-electron chi connectivity index (χ2n) is 4.49. The van der Waals surface area contributed by atoms with E-state index in [0.717, 1.165) is 0 Å². The summed E-state index contributed by atoms with van der Waals surface area (Å²) in [6, 6.07) is 0. The average Bonchev–Trinajstić information content (AvgIpc) is 2.87. The molecule has 0 bridgehead atoms. The van der Waals surface area contributed by atoms with E-state index in [0.29, 0.717) is 32.5 Å². The number of aliphatic hydroxyl groups excluding tert-OH is 1. The molecule has 2 heterocycles. The first-order valence-corrected chi connectivity index (χ1v) is 6.01. The number of hydrogen-bond donors (Lipinski definition) is 2. The van der Waals surface area contributed by atoms with Gasteiger partial charge in [0.15, 0.2) is 6.10 Å². The predicted octanol–water partition coefficient (Wildman–Crippen LogP) is -1.16. The first kappa shape index (κ1) is 13.3. The molecule has 1 amide bonds. The fourth-order valence-corrected chi connectivity index (χ4v) is 2.23. The normalized spacial score (nSPS) is 32.5. The highest BCUT2D eigenvalue weighted by Gasteiger charge is 2.38. The Balaban J connectivity index is 1.89.